The molecule has 1 saturated carbocycles. The van der Waals surface area contributed by atoms with E-state index in [0.717, 1.165) is 16.9 Å². The lowest BCUT2D eigenvalue weighted by atomic mass is 9.91. The summed E-state index contributed by atoms with van der Waals surface area (Å²) in [7, 11) is 2.21. The summed E-state index contributed by atoms with van der Waals surface area (Å²) >= 11 is 3.47. The van der Waals surface area contributed by atoms with E-state index in [0.29, 0.717) is 6.54 Å². The van der Waals surface area contributed by atoms with Crippen LogP contribution in [0.15, 0.2) is 28.7 Å². The van der Waals surface area contributed by atoms with Gasteiger partial charge in [-0.15, -0.1) is 0 Å². The minimum Gasteiger partial charge on any atom is -0.329 e. The van der Waals surface area contributed by atoms with Crippen LogP contribution in [0.4, 0.5) is 0 Å². The third-order valence-corrected chi connectivity index (χ3v) is 4.41. The van der Waals surface area contributed by atoms with Crippen LogP contribution in [0.5, 0.6) is 0 Å². The Labute approximate surface area is 112 Å². The van der Waals surface area contributed by atoms with Crippen LogP contribution in [0.2, 0.25) is 0 Å². The fourth-order valence-corrected chi connectivity index (χ4v) is 2.55. The zero-order valence-electron chi connectivity index (χ0n) is 10.6. The normalized spacial score (nSPS) is 19.4. The Morgan fingerprint density at radius 1 is 1.35 bits per heavy atom. The average Bonchev–Trinajstić information content (AvgIpc) is 3.15. The maximum absolute atomic E-state index is 6.00. The number of nitrogens with zero attached hydrogens (tertiary/aromatic N) is 1. The molecular formula is C14H21BrN2. The largest absolute Gasteiger partial charge is 0.329 e. The van der Waals surface area contributed by atoms with Gasteiger partial charge < -0.3 is 5.73 Å². The summed E-state index contributed by atoms with van der Waals surface area (Å²) < 4.78 is 1.13. The van der Waals surface area contributed by atoms with Crippen LogP contribution in [-0.4, -0.2) is 30.1 Å². The number of rotatable bonds is 5. The second-order valence-corrected chi connectivity index (χ2v) is 6.26. The van der Waals surface area contributed by atoms with E-state index in [2.05, 4.69) is 59.1 Å². The van der Waals surface area contributed by atoms with Gasteiger partial charge in [0.1, 0.15) is 0 Å². The van der Waals surface area contributed by atoms with Crippen LogP contribution in [0, 0.1) is 0 Å². The lowest BCUT2D eigenvalue weighted by molar-refractivity contribution is 0.135. The monoisotopic (exact) mass is 296 g/mol. The summed E-state index contributed by atoms with van der Waals surface area (Å²) in [6.07, 6.45) is 3.67. The minimum atomic E-state index is 0.0784. The number of hydrogen-bond donors (Lipinski definition) is 1. The van der Waals surface area contributed by atoms with E-state index in [-0.39, 0.29) is 5.54 Å². The van der Waals surface area contributed by atoms with Crippen LogP contribution in [-0.2, 0) is 6.42 Å². The van der Waals surface area contributed by atoms with Crippen molar-refractivity contribution in [2.24, 2.45) is 5.73 Å². The van der Waals surface area contributed by atoms with Gasteiger partial charge >= 0.3 is 0 Å². The lowest BCUT2D eigenvalue weighted by Gasteiger charge is -2.38. The summed E-state index contributed by atoms with van der Waals surface area (Å²) in [5.74, 6) is 0. The molecule has 1 fully saturated rings. The molecule has 17 heavy (non-hydrogen) atoms. The molecule has 3 heteroatoms. The van der Waals surface area contributed by atoms with Gasteiger partial charge in [0.15, 0.2) is 0 Å². The Bertz CT molecular complexity index is 372. The van der Waals surface area contributed by atoms with Crippen molar-refractivity contribution in [1.82, 2.24) is 4.90 Å². The van der Waals surface area contributed by atoms with Crippen LogP contribution in [0.25, 0.3) is 0 Å². The van der Waals surface area contributed by atoms with E-state index in [9.17, 15) is 0 Å². The zero-order chi connectivity index (χ0) is 12.5. The van der Waals surface area contributed by atoms with Gasteiger partial charge in [-0.3, -0.25) is 4.90 Å². The summed E-state index contributed by atoms with van der Waals surface area (Å²) in [4.78, 5) is 2.47. The van der Waals surface area contributed by atoms with Crippen molar-refractivity contribution < 1.29 is 0 Å². The molecule has 1 aliphatic rings. The smallest absolute Gasteiger partial charge is 0.0343 e. The first-order valence-corrected chi connectivity index (χ1v) is 7.02. The molecule has 1 aromatic carbocycles. The van der Waals surface area contributed by atoms with Crippen molar-refractivity contribution in [2.45, 2.75) is 37.8 Å². The molecule has 1 aromatic rings. The van der Waals surface area contributed by atoms with Crippen LogP contribution in [0.1, 0.15) is 25.3 Å². The predicted molar refractivity (Wildman–Crippen MR) is 76.1 cm³/mol. The molecule has 0 aromatic heterocycles. The van der Waals surface area contributed by atoms with Gasteiger partial charge in [-0.2, -0.15) is 0 Å². The summed E-state index contributed by atoms with van der Waals surface area (Å²) in [6, 6.07) is 9.31. The standard InChI is InChI=1S/C14H21BrN2/c1-14(10-16,17(2)13-7-8-13)9-11-3-5-12(15)6-4-11/h3-6,13H,7-10,16H2,1-2H3. The van der Waals surface area contributed by atoms with Gasteiger partial charge in [-0.05, 0) is 50.9 Å². The molecule has 1 unspecified atom stereocenters. The molecule has 2 N–H and O–H groups in total. The average molecular weight is 297 g/mol. The summed E-state index contributed by atoms with van der Waals surface area (Å²) in [6.45, 7) is 2.98. The SMILES string of the molecule is CN(C1CC1)C(C)(CN)Cc1ccc(Br)cc1. The molecule has 1 aliphatic carbocycles. The van der Waals surface area contributed by atoms with Gasteiger partial charge in [-0.25, -0.2) is 0 Å². The first-order valence-electron chi connectivity index (χ1n) is 6.22. The molecular weight excluding hydrogens is 276 g/mol. The van der Waals surface area contributed by atoms with E-state index in [4.69, 9.17) is 5.73 Å². The molecule has 2 nitrogen and oxygen atoms in total. The molecule has 0 heterocycles. The third kappa shape index (κ3) is 3.09. The van der Waals surface area contributed by atoms with Crippen molar-refractivity contribution in [3.05, 3.63) is 34.3 Å². The van der Waals surface area contributed by atoms with Gasteiger partial charge in [0, 0.05) is 22.6 Å². The van der Waals surface area contributed by atoms with Gasteiger partial charge in [0.25, 0.3) is 0 Å². The number of nitrogens with two attached hydrogens (primary N) is 1. The minimum absolute atomic E-state index is 0.0784. The molecule has 0 bridgehead atoms. The first kappa shape index (κ1) is 13.1. The van der Waals surface area contributed by atoms with Crippen LogP contribution in [0.3, 0.4) is 0 Å². The van der Waals surface area contributed by atoms with Gasteiger partial charge in [0.2, 0.25) is 0 Å². The van der Waals surface area contributed by atoms with Crippen molar-refractivity contribution in [2.75, 3.05) is 13.6 Å². The molecule has 0 saturated heterocycles. The van der Waals surface area contributed by atoms with E-state index in [1.165, 1.54) is 18.4 Å². The molecule has 0 aliphatic heterocycles. The topological polar surface area (TPSA) is 29.3 Å². The molecule has 0 amide bonds. The summed E-state index contributed by atoms with van der Waals surface area (Å²) in [5, 5.41) is 0. The maximum atomic E-state index is 6.00. The number of benzene rings is 1. The Hall–Kier alpha value is -0.380. The lowest BCUT2D eigenvalue weighted by Crippen LogP contribution is -2.52. The predicted octanol–water partition coefficient (Wildman–Crippen LogP) is 2.80. The first-order chi connectivity index (χ1) is 8.05. The quantitative estimate of drug-likeness (QED) is 0.905. The molecule has 2 rings (SSSR count). The van der Waals surface area contributed by atoms with Crippen molar-refractivity contribution >= 4 is 15.9 Å². The highest BCUT2D eigenvalue weighted by atomic mass is 79.9. The van der Waals surface area contributed by atoms with Gasteiger partial charge in [0.05, 0.1) is 0 Å². The highest BCUT2D eigenvalue weighted by molar-refractivity contribution is 9.10. The second kappa shape index (κ2) is 5.09. The Balaban J connectivity index is 2.10. The highest BCUT2D eigenvalue weighted by Crippen LogP contribution is 2.32. The van der Waals surface area contributed by atoms with E-state index < -0.39 is 0 Å². The van der Waals surface area contributed by atoms with Crippen LogP contribution < -0.4 is 5.73 Å². The fraction of sp³-hybridized carbons (Fsp3) is 0.571. The second-order valence-electron chi connectivity index (χ2n) is 5.35. The molecule has 1 atom stereocenters. The van der Waals surface area contributed by atoms with E-state index in [1.54, 1.807) is 0 Å². The van der Waals surface area contributed by atoms with Crippen molar-refractivity contribution in [3.8, 4) is 0 Å². The molecule has 0 spiro atoms. The molecule has 94 valence electrons. The Morgan fingerprint density at radius 2 is 1.94 bits per heavy atom. The Kier molecular flexibility index (Phi) is 3.91. The van der Waals surface area contributed by atoms with E-state index >= 15 is 0 Å². The van der Waals surface area contributed by atoms with Gasteiger partial charge in [-0.1, -0.05) is 28.1 Å². The fourth-order valence-electron chi connectivity index (χ4n) is 2.29. The number of hydrogen-bond acceptors (Lipinski definition) is 2. The third-order valence-electron chi connectivity index (χ3n) is 3.88. The van der Waals surface area contributed by atoms with Crippen molar-refractivity contribution in [1.29, 1.82) is 0 Å². The Morgan fingerprint density at radius 3 is 2.41 bits per heavy atom. The zero-order valence-corrected chi connectivity index (χ0v) is 12.2. The molecule has 0 radical (unpaired) electrons. The maximum Gasteiger partial charge on any atom is 0.0343 e. The van der Waals surface area contributed by atoms with Crippen LogP contribution >= 0.6 is 15.9 Å². The highest BCUT2D eigenvalue weighted by Gasteiger charge is 2.37. The van der Waals surface area contributed by atoms with Crippen molar-refractivity contribution in [3.63, 3.8) is 0 Å². The summed E-state index contributed by atoms with van der Waals surface area (Å²) in [5.41, 5.74) is 7.43. The number of halogens is 1. The number of likely N-dealkylation sites (N-methyl/N-ethyl adjacent to an activating group) is 1. The van der Waals surface area contributed by atoms with E-state index in [1.807, 2.05) is 0 Å².